The Bertz CT molecular complexity index is 378. The lowest BCUT2D eigenvalue weighted by molar-refractivity contribution is 0.327. The fourth-order valence-corrected chi connectivity index (χ4v) is 3.09. The van der Waals surface area contributed by atoms with E-state index in [9.17, 15) is 0 Å². The van der Waals surface area contributed by atoms with E-state index in [-0.39, 0.29) is 0 Å². The highest BCUT2D eigenvalue weighted by Gasteiger charge is 2.20. The van der Waals surface area contributed by atoms with E-state index in [4.69, 9.17) is 0 Å². The molecule has 2 nitrogen and oxygen atoms in total. The number of aromatic nitrogens is 1. The number of hydrogen-bond donors (Lipinski definition) is 1. The monoisotopic (exact) mass is 296 g/mol. The van der Waals surface area contributed by atoms with Crippen LogP contribution < -0.4 is 5.32 Å². The molecule has 1 aliphatic rings. The van der Waals surface area contributed by atoms with E-state index in [1.54, 1.807) is 0 Å². The van der Waals surface area contributed by atoms with Crippen molar-refractivity contribution in [2.75, 3.05) is 5.32 Å². The van der Waals surface area contributed by atoms with Gasteiger partial charge in [0.05, 0.1) is 11.4 Å². The van der Waals surface area contributed by atoms with Gasteiger partial charge in [-0.3, -0.25) is 0 Å². The minimum Gasteiger partial charge on any atom is -0.381 e. The van der Waals surface area contributed by atoms with Gasteiger partial charge in [-0.2, -0.15) is 0 Å². The summed E-state index contributed by atoms with van der Waals surface area (Å²) in [5, 5.41) is 3.66. The lowest BCUT2D eigenvalue weighted by Crippen LogP contribution is -2.27. The molecule has 17 heavy (non-hydrogen) atoms. The van der Waals surface area contributed by atoms with Gasteiger partial charge in [0.2, 0.25) is 0 Å². The topological polar surface area (TPSA) is 24.9 Å². The zero-order chi connectivity index (χ0) is 12.3. The number of pyridine rings is 1. The molecule has 0 amide bonds. The second-order valence-electron chi connectivity index (χ2n) is 5.05. The number of rotatable bonds is 3. The first-order valence-corrected chi connectivity index (χ1v) is 7.38. The van der Waals surface area contributed by atoms with E-state index in [1.165, 1.54) is 37.8 Å². The maximum absolute atomic E-state index is 4.43. The predicted molar refractivity (Wildman–Crippen MR) is 76.3 cm³/mol. The molecule has 1 N–H and O–H groups in total. The standard InChI is InChI=1S/C14H21BrN2/c1-3-11-5-4-6-12(9-11)17-13-7-8-14(15)16-10(13)2/h7-8,11-12,17H,3-6,9H2,1-2H3. The zero-order valence-corrected chi connectivity index (χ0v) is 12.3. The van der Waals surface area contributed by atoms with Crippen LogP contribution in [0.5, 0.6) is 0 Å². The summed E-state index contributed by atoms with van der Waals surface area (Å²) in [7, 11) is 0. The molecule has 2 atom stereocenters. The Morgan fingerprint density at radius 1 is 1.41 bits per heavy atom. The van der Waals surface area contributed by atoms with Crippen molar-refractivity contribution < 1.29 is 0 Å². The lowest BCUT2D eigenvalue weighted by Gasteiger charge is -2.30. The molecule has 2 rings (SSSR count). The Labute approximate surface area is 112 Å². The Balaban J connectivity index is 2.00. The minimum atomic E-state index is 0.635. The molecule has 1 saturated carbocycles. The second-order valence-corrected chi connectivity index (χ2v) is 5.86. The van der Waals surface area contributed by atoms with Gasteiger partial charge < -0.3 is 5.32 Å². The molecule has 0 bridgehead atoms. The maximum Gasteiger partial charge on any atom is 0.106 e. The number of nitrogens with zero attached hydrogens (tertiary/aromatic N) is 1. The predicted octanol–water partition coefficient (Wildman–Crippen LogP) is 4.53. The van der Waals surface area contributed by atoms with Gasteiger partial charge in [0, 0.05) is 6.04 Å². The fourth-order valence-electron chi connectivity index (χ4n) is 2.70. The molecule has 0 aliphatic heterocycles. The highest BCUT2D eigenvalue weighted by molar-refractivity contribution is 9.10. The van der Waals surface area contributed by atoms with Gasteiger partial charge >= 0.3 is 0 Å². The molecule has 1 aliphatic carbocycles. The summed E-state index contributed by atoms with van der Waals surface area (Å²) in [5.41, 5.74) is 2.27. The van der Waals surface area contributed by atoms with Gasteiger partial charge in [-0.25, -0.2) is 4.98 Å². The van der Waals surface area contributed by atoms with Crippen LogP contribution in [0.2, 0.25) is 0 Å². The number of anilines is 1. The fraction of sp³-hybridized carbons (Fsp3) is 0.643. The van der Waals surface area contributed by atoms with Crippen molar-refractivity contribution in [3.8, 4) is 0 Å². The quantitative estimate of drug-likeness (QED) is 0.829. The van der Waals surface area contributed by atoms with Crippen LogP contribution in [-0.2, 0) is 0 Å². The van der Waals surface area contributed by atoms with E-state index in [0.717, 1.165) is 16.2 Å². The second kappa shape index (κ2) is 5.85. The van der Waals surface area contributed by atoms with Crippen LogP contribution in [0.15, 0.2) is 16.7 Å². The van der Waals surface area contributed by atoms with Crippen LogP contribution in [0.1, 0.15) is 44.7 Å². The van der Waals surface area contributed by atoms with E-state index in [0.29, 0.717) is 6.04 Å². The first-order valence-electron chi connectivity index (χ1n) is 6.58. The van der Waals surface area contributed by atoms with Gasteiger partial charge in [-0.1, -0.05) is 26.2 Å². The Kier molecular flexibility index (Phi) is 4.43. The molecule has 3 heteroatoms. The summed E-state index contributed by atoms with van der Waals surface area (Å²) in [5.74, 6) is 0.907. The Morgan fingerprint density at radius 3 is 2.94 bits per heavy atom. The Hall–Kier alpha value is -0.570. The normalized spacial score (nSPS) is 24.6. The molecule has 1 aromatic heterocycles. The molecular formula is C14H21BrN2. The third-order valence-electron chi connectivity index (χ3n) is 3.77. The summed E-state index contributed by atoms with van der Waals surface area (Å²) in [4.78, 5) is 4.43. The molecule has 0 aromatic carbocycles. The van der Waals surface area contributed by atoms with Crippen molar-refractivity contribution in [3.05, 3.63) is 22.4 Å². The van der Waals surface area contributed by atoms with Crippen LogP contribution in [-0.4, -0.2) is 11.0 Å². The highest BCUT2D eigenvalue weighted by Crippen LogP contribution is 2.29. The number of nitrogens with one attached hydrogen (secondary N) is 1. The molecule has 1 aromatic rings. The zero-order valence-electron chi connectivity index (χ0n) is 10.7. The van der Waals surface area contributed by atoms with Gasteiger partial charge in [0.1, 0.15) is 4.60 Å². The highest BCUT2D eigenvalue weighted by atomic mass is 79.9. The van der Waals surface area contributed by atoms with Gasteiger partial charge in [-0.05, 0) is 53.7 Å². The van der Waals surface area contributed by atoms with Crippen LogP contribution >= 0.6 is 15.9 Å². The van der Waals surface area contributed by atoms with Crippen molar-refractivity contribution in [1.29, 1.82) is 0 Å². The largest absolute Gasteiger partial charge is 0.381 e. The first kappa shape index (κ1) is 12.9. The summed E-state index contributed by atoms with van der Waals surface area (Å²) < 4.78 is 0.913. The molecular weight excluding hydrogens is 276 g/mol. The molecule has 94 valence electrons. The van der Waals surface area contributed by atoms with Gasteiger partial charge in [0.25, 0.3) is 0 Å². The van der Waals surface area contributed by atoms with Crippen molar-refractivity contribution in [3.63, 3.8) is 0 Å². The number of aryl methyl sites for hydroxylation is 1. The first-order chi connectivity index (χ1) is 8.19. The summed E-state index contributed by atoms with van der Waals surface area (Å²) in [6.07, 6.45) is 6.69. The van der Waals surface area contributed by atoms with Gasteiger partial charge in [0.15, 0.2) is 0 Å². The summed E-state index contributed by atoms with van der Waals surface area (Å²) in [6, 6.07) is 4.77. The van der Waals surface area contributed by atoms with Crippen molar-refractivity contribution >= 4 is 21.6 Å². The third-order valence-corrected chi connectivity index (χ3v) is 4.21. The van der Waals surface area contributed by atoms with E-state index < -0.39 is 0 Å². The van der Waals surface area contributed by atoms with E-state index in [2.05, 4.69) is 46.1 Å². The van der Waals surface area contributed by atoms with Crippen LogP contribution in [0, 0.1) is 12.8 Å². The van der Waals surface area contributed by atoms with Crippen molar-refractivity contribution in [1.82, 2.24) is 4.98 Å². The maximum atomic E-state index is 4.43. The van der Waals surface area contributed by atoms with Crippen LogP contribution in [0.25, 0.3) is 0 Å². The molecule has 1 heterocycles. The molecule has 2 unspecified atom stereocenters. The third kappa shape index (κ3) is 3.44. The summed E-state index contributed by atoms with van der Waals surface area (Å²) >= 11 is 3.40. The average Bonchev–Trinajstić information content (AvgIpc) is 2.33. The SMILES string of the molecule is CCC1CCCC(Nc2ccc(Br)nc2C)C1. The Morgan fingerprint density at radius 2 is 2.24 bits per heavy atom. The lowest BCUT2D eigenvalue weighted by atomic mass is 9.84. The van der Waals surface area contributed by atoms with Crippen molar-refractivity contribution in [2.45, 2.75) is 52.0 Å². The molecule has 0 radical (unpaired) electrons. The number of halogens is 1. The van der Waals surface area contributed by atoms with Crippen LogP contribution in [0.3, 0.4) is 0 Å². The molecule has 0 saturated heterocycles. The molecule has 0 spiro atoms. The van der Waals surface area contributed by atoms with Crippen molar-refractivity contribution in [2.24, 2.45) is 5.92 Å². The van der Waals surface area contributed by atoms with Crippen LogP contribution in [0.4, 0.5) is 5.69 Å². The number of hydrogen-bond acceptors (Lipinski definition) is 2. The molecule has 1 fully saturated rings. The summed E-state index contributed by atoms with van der Waals surface area (Å²) in [6.45, 7) is 4.37. The smallest absolute Gasteiger partial charge is 0.106 e. The van der Waals surface area contributed by atoms with Gasteiger partial charge in [-0.15, -0.1) is 0 Å². The average molecular weight is 297 g/mol. The van der Waals surface area contributed by atoms with E-state index >= 15 is 0 Å². The van der Waals surface area contributed by atoms with E-state index in [1.807, 2.05) is 6.07 Å². The minimum absolute atomic E-state index is 0.635.